The third-order valence-electron chi connectivity index (χ3n) is 1.69. The number of hydrogen-bond acceptors (Lipinski definition) is 3. The van der Waals surface area contributed by atoms with Crippen molar-refractivity contribution in [3.05, 3.63) is 22.4 Å². The SMILES string of the molecule is C#CCC(N)C(=O)NCc1cccs1. The number of terminal acetylenes is 1. The molecule has 0 saturated carbocycles. The van der Waals surface area contributed by atoms with E-state index in [1.54, 1.807) is 11.3 Å². The molecule has 14 heavy (non-hydrogen) atoms. The molecule has 1 unspecified atom stereocenters. The number of thiophene rings is 1. The van der Waals surface area contributed by atoms with Crippen molar-refractivity contribution < 1.29 is 4.79 Å². The molecule has 0 aliphatic carbocycles. The van der Waals surface area contributed by atoms with Gasteiger partial charge in [0.05, 0.1) is 12.6 Å². The number of amides is 1. The Hall–Kier alpha value is -1.31. The van der Waals surface area contributed by atoms with Crippen LogP contribution >= 0.6 is 11.3 Å². The van der Waals surface area contributed by atoms with Gasteiger partial charge in [0.1, 0.15) is 0 Å². The summed E-state index contributed by atoms with van der Waals surface area (Å²) in [5, 5.41) is 4.68. The van der Waals surface area contributed by atoms with E-state index < -0.39 is 6.04 Å². The van der Waals surface area contributed by atoms with Crippen LogP contribution in [0.3, 0.4) is 0 Å². The Balaban J connectivity index is 2.32. The fourth-order valence-electron chi connectivity index (χ4n) is 0.938. The molecule has 0 aliphatic heterocycles. The van der Waals surface area contributed by atoms with Gasteiger partial charge in [0.2, 0.25) is 5.91 Å². The van der Waals surface area contributed by atoms with Crippen LogP contribution < -0.4 is 11.1 Å². The van der Waals surface area contributed by atoms with Crippen LogP contribution in [0.2, 0.25) is 0 Å². The van der Waals surface area contributed by atoms with E-state index in [9.17, 15) is 4.79 Å². The fraction of sp³-hybridized carbons (Fsp3) is 0.300. The lowest BCUT2D eigenvalue weighted by Crippen LogP contribution is -2.39. The first-order valence-corrected chi connectivity index (χ1v) is 5.11. The molecule has 0 spiro atoms. The minimum atomic E-state index is -0.597. The van der Waals surface area contributed by atoms with Crippen molar-refractivity contribution in [2.24, 2.45) is 5.73 Å². The summed E-state index contributed by atoms with van der Waals surface area (Å²) in [6.45, 7) is 0.523. The van der Waals surface area contributed by atoms with Gasteiger partial charge in [-0.25, -0.2) is 0 Å². The minimum absolute atomic E-state index is 0.198. The van der Waals surface area contributed by atoms with Crippen LogP contribution in [0.5, 0.6) is 0 Å². The summed E-state index contributed by atoms with van der Waals surface area (Å²) >= 11 is 1.59. The molecule has 3 nitrogen and oxygen atoms in total. The van der Waals surface area contributed by atoms with Crippen LogP contribution in [0, 0.1) is 12.3 Å². The second-order valence-corrected chi connectivity index (χ2v) is 3.84. The zero-order valence-electron chi connectivity index (χ0n) is 7.69. The maximum Gasteiger partial charge on any atom is 0.238 e. The summed E-state index contributed by atoms with van der Waals surface area (Å²) in [7, 11) is 0. The first-order chi connectivity index (χ1) is 6.74. The van der Waals surface area contributed by atoms with E-state index in [-0.39, 0.29) is 12.3 Å². The van der Waals surface area contributed by atoms with E-state index in [0.29, 0.717) is 6.54 Å². The molecular formula is C10H12N2OS. The summed E-state index contributed by atoms with van der Waals surface area (Å²) in [6.07, 6.45) is 5.32. The maximum absolute atomic E-state index is 11.3. The molecule has 1 heterocycles. The van der Waals surface area contributed by atoms with E-state index in [1.165, 1.54) is 0 Å². The van der Waals surface area contributed by atoms with E-state index in [2.05, 4.69) is 11.2 Å². The Morgan fingerprint density at radius 1 is 1.79 bits per heavy atom. The summed E-state index contributed by atoms with van der Waals surface area (Å²) in [5.74, 6) is 2.16. The van der Waals surface area contributed by atoms with Crippen LogP contribution in [-0.2, 0) is 11.3 Å². The average molecular weight is 208 g/mol. The zero-order chi connectivity index (χ0) is 10.4. The molecule has 0 aliphatic rings. The van der Waals surface area contributed by atoms with Crippen molar-refractivity contribution in [1.82, 2.24) is 5.32 Å². The molecule has 1 aromatic heterocycles. The molecule has 0 fully saturated rings. The van der Waals surface area contributed by atoms with Crippen LogP contribution in [0.4, 0.5) is 0 Å². The summed E-state index contributed by atoms with van der Waals surface area (Å²) in [5.41, 5.74) is 5.52. The zero-order valence-corrected chi connectivity index (χ0v) is 8.51. The maximum atomic E-state index is 11.3. The predicted molar refractivity (Wildman–Crippen MR) is 57.6 cm³/mol. The Bertz CT molecular complexity index is 326. The van der Waals surface area contributed by atoms with Gasteiger partial charge in [0.15, 0.2) is 0 Å². The smallest absolute Gasteiger partial charge is 0.238 e. The number of nitrogens with one attached hydrogen (secondary N) is 1. The van der Waals surface area contributed by atoms with Crippen LogP contribution in [0.1, 0.15) is 11.3 Å². The molecule has 3 N–H and O–H groups in total. The monoisotopic (exact) mass is 208 g/mol. The van der Waals surface area contributed by atoms with Crippen molar-refractivity contribution in [2.75, 3.05) is 0 Å². The number of nitrogens with two attached hydrogens (primary N) is 1. The van der Waals surface area contributed by atoms with E-state index in [0.717, 1.165) is 4.88 Å². The van der Waals surface area contributed by atoms with E-state index in [4.69, 9.17) is 12.2 Å². The fourth-order valence-corrected chi connectivity index (χ4v) is 1.58. The molecule has 1 rings (SSSR count). The first kappa shape index (κ1) is 10.8. The van der Waals surface area contributed by atoms with Crippen LogP contribution in [0.25, 0.3) is 0 Å². The lowest BCUT2D eigenvalue weighted by atomic mass is 10.2. The van der Waals surface area contributed by atoms with E-state index >= 15 is 0 Å². The quantitative estimate of drug-likeness (QED) is 0.716. The second-order valence-electron chi connectivity index (χ2n) is 2.81. The number of carbonyl (C=O) groups excluding carboxylic acids is 1. The molecule has 1 amide bonds. The Kier molecular flexibility index (Phi) is 4.17. The lowest BCUT2D eigenvalue weighted by molar-refractivity contribution is -0.122. The topological polar surface area (TPSA) is 55.1 Å². The average Bonchev–Trinajstić information content (AvgIpc) is 2.67. The molecule has 0 aromatic carbocycles. The normalized spacial score (nSPS) is 11.7. The van der Waals surface area contributed by atoms with Gasteiger partial charge in [-0.3, -0.25) is 4.79 Å². The first-order valence-electron chi connectivity index (χ1n) is 4.23. The standard InChI is InChI=1S/C10H12N2OS/c1-2-4-9(11)10(13)12-7-8-5-3-6-14-8/h1,3,5-6,9H,4,7,11H2,(H,12,13). The van der Waals surface area contributed by atoms with Crippen LogP contribution in [0.15, 0.2) is 17.5 Å². The van der Waals surface area contributed by atoms with Crippen molar-refractivity contribution in [1.29, 1.82) is 0 Å². The Morgan fingerprint density at radius 3 is 3.14 bits per heavy atom. The van der Waals surface area contributed by atoms with Gasteiger partial charge in [-0.2, -0.15) is 0 Å². The molecule has 1 atom stereocenters. The second kappa shape index (κ2) is 5.43. The van der Waals surface area contributed by atoms with E-state index in [1.807, 2.05) is 17.5 Å². The molecule has 0 radical (unpaired) electrons. The van der Waals surface area contributed by atoms with Gasteiger partial charge in [-0.1, -0.05) is 6.07 Å². The van der Waals surface area contributed by atoms with Crippen LogP contribution in [-0.4, -0.2) is 11.9 Å². The Labute approximate surface area is 87.3 Å². The van der Waals surface area contributed by atoms with Gasteiger partial charge in [-0.05, 0) is 11.4 Å². The number of carbonyl (C=O) groups is 1. The van der Waals surface area contributed by atoms with Crippen molar-refractivity contribution >= 4 is 17.2 Å². The molecule has 4 heteroatoms. The van der Waals surface area contributed by atoms with Crippen molar-refractivity contribution in [3.63, 3.8) is 0 Å². The molecule has 1 aromatic rings. The number of rotatable bonds is 4. The Morgan fingerprint density at radius 2 is 2.57 bits per heavy atom. The van der Waals surface area contributed by atoms with Gasteiger partial charge in [0, 0.05) is 11.3 Å². The largest absolute Gasteiger partial charge is 0.350 e. The predicted octanol–water partition coefficient (Wildman–Crippen LogP) is 0.715. The summed E-state index contributed by atoms with van der Waals surface area (Å²) < 4.78 is 0. The summed E-state index contributed by atoms with van der Waals surface area (Å²) in [6, 6.07) is 3.30. The molecule has 74 valence electrons. The van der Waals surface area contributed by atoms with Gasteiger partial charge in [-0.15, -0.1) is 23.7 Å². The number of hydrogen-bond donors (Lipinski definition) is 2. The minimum Gasteiger partial charge on any atom is -0.350 e. The molecule has 0 saturated heterocycles. The highest BCUT2D eigenvalue weighted by molar-refractivity contribution is 7.09. The van der Waals surface area contributed by atoms with Crippen molar-refractivity contribution in [3.8, 4) is 12.3 Å². The van der Waals surface area contributed by atoms with Gasteiger partial charge >= 0.3 is 0 Å². The third kappa shape index (κ3) is 3.21. The highest BCUT2D eigenvalue weighted by Gasteiger charge is 2.10. The third-order valence-corrected chi connectivity index (χ3v) is 2.57. The van der Waals surface area contributed by atoms with Gasteiger partial charge < -0.3 is 11.1 Å². The van der Waals surface area contributed by atoms with Gasteiger partial charge in [0.25, 0.3) is 0 Å². The molecular weight excluding hydrogens is 196 g/mol. The highest BCUT2D eigenvalue weighted by Crippen LogP contribution is 2.07. The van der Waals surface area contributed by atoms with Crippen molar-refractivity contribution in [2.45, 2.75) is 19.0 Å². The lowest BCUT2D eigenvalue weighted by Gasteiger charge is -2.08. The highest BCUT2D eigenvalue weighted by atomic mass is 32.1. The summed E-state index contributed by atoms with van der Waals surface area (Å²) in [4.78, 5) is 12.4. The molecule has 0 bridgehead atoms.